The van der Waals surface area contributed by atoms with Crippen LogP contribution in [-0.2, 0) is 0 Å². The van der Waals surface area contributed by atoms with E-state index in [2.05, 4.69) is 20.3 Å². The molecule has 0 atom stereocenters. The summed E-state index contributed by atoms with van der Waals surface area (Å²) in [6.45, 7) is 3.48. The highest BCUT2D eigenvalue weighted by atomic mass is 16.1. The van der Waals surface area contributed by atoms with E-state index in [1.54, 1.807) is 31.5 Å². The highest BCUT2D eigenvalue weighted by molar-refractivity contribution is 5.94. The summed E-state index contributed by atoms with van der Waals surface area (Å²) in [5, 5.41) is 3.24. The molecular formula is C18H16N4O. The van der Waals surface area contributed by atoms with Gasteiger partial charge in [-0.3, -0.25) is 9.78 Å². The summed E-state index contributed by atoms with van der Waals surface area (Å²) in [4.78, 5) is 24.3. The van der Waals surface area contributed by atoms with Gasteiger partial charge in [0.15, 0.2) is 11.6 Å². The first kappa shape index (κ1) is 14.8. The number of ketones is 1. The number of aromatic nitrogens is 3. The molecule has 0 aliphatic heterocycles. The number of nitrogens with one attached hydrogen (secondary N) is 1. The number of rotatable bonds is 4. The maximum atomic E-state index is 11.3. The largest absolute Gasteiger partial charge is 0.340 e. The fourth-order valence-corrected chi connectivity index (χ4v) is 2.20. The van der Waals surface area contributed by atoms with Crippen molar-refractivity contribution in [2.24, 2.45) is 0 Å². The molecule has 0 unspecified atom stereocenters. The molecule has 1 N–H and O–H groups in total. The lowest BCUT2D eigenvalue weighted by atomic mass is 10.1. The predicted molar refractivity (Wildman–Crippen MR) is 89.7 cm³/mol. The molecule has 2 aromatic heterocycles. The Hall–Kier alpha value is -3.08. The van der Waals surface area contributed by atoms with Crippen molar-refractivity contribution in [3.8, 4) is 11.4 Å². The van der Waals surface area contributed by atoms with Crippen LogP contribution >= 0.6 is 0 Å². The van der Waals surface area contributed by atoms with Crippen LogP contribution in [0.25, 0.3) is 11.4 Å². The van der Waals surface area contributed by atoms with E-state index in [0.29, 0.717) is 17.2 Å². The van der Waals surface area contributed by atoms with Crippen LogP contribution in [0.15, 0.2) is 54.9 Å². The zero-order chi connectivity index (χ0) is 16.2. The molecule has 114 valence electrons. The molecule has 0 radical (unpaired) electrons. The van der Waals surface area contributed by atoms with Gasteiger partial charge >= 0.3 is 0 Å². The van der Waals surface area contributed by atoms with E-state index < -0.39 is 0 Å². The van der Waals surface area contributed by atoms with Crippen LogP contribution in [0, 0.1) is 6.92 Å². The van der Waals surface area contributed by atoms with Crippen molar-refractivity contribution >= 4 is 17.3 Å². The summed E-state index contributed by atoms with van der Waals surface area (Å²) >= 11 is 0. The number of hydrogen-bond donors (Lipinski definition) is 1. The Labute approximate surface area is 134 Å². The lowest BCUT2D eigenvalue weighted by Crippen LogP contribution is -1.99. The summed E-state index contributed by atoms with van der Waals surface area (Å²) in [5.41, 5.74) is 3.34. The summed E-state index contributed by atoms with van der Waals surface area (Å²) in [7, 11) is 0. The lowest BCUT2D eigenvalue weighted by Gasteiger charge is -2.09. The Morgan fingerprint density at radius 3 is 2.35 bits per heavy atom. The van der Waals surface area contributed by atoms with Gasteiger partial charge in [0.25, 0.3) is 0 Å². The topological polar surface area (TPSA) is 67.8 Å². The van der Waals surface area contributed by atoms with E-state index >= 15 is 0 Å². The van der Waals surface area contributed by atoms with E-state index in [9.17, 15) is 4.79 Å². The van der Waals surface area contributed by atoms with Crippen LogP contribution in [0.1, 0.15) is 23.0 Å². The van der Waals surface area contributed by atoms with Gasteiger partial charge in [0, 0.05) is 41.0 Å². The zero-order valence-electron chi connectivity index (χ0n) is 12.9. The summed E-state index contributed by atoms with van der Waals surface area (Å²) < 4.78 is 0. The van der Waals surface area contributed by atoms with Crippen molar-refractivity contribution in [1.29, 1.82) is 0 Å². The predicted octanol–water partition coefficient (Wildman–Crippen LogP) is 3.79. The minimum absolute atomic E-state index is 0.0504. The summed E-state index contributed by atoms with van der Waals surface area (Å²) in [5.74, 6) is 1.41. The third-order valence-corrected chi connectivity index (χ3v) is 3.36. The van der Waals surface area contributed by atoms with E-state index in [1.807, 2.05) is 37.3 Å². The van der Waals surface area contributed by atoms with E-state index in [-0.39, 0.29) is 5.78 Å². The quantitative estimate of drug-likeness (QED) is 0.743. The van der Waals surface area contributed by atoms with Crippen LogP contribution in [0.3, 0.4) is 0 Å². The monoisotopic (exact) mass is 304 g/mol. The molecule has 1 aromatic carbocycles. The third kappa shape index (κ3) is 3.58. The first-order valence-electron chi connectivity index (χ1n) is 7.26. The molecule has 0 saturated heterocycles. The van der Waals surface area contributed by atoms with Crippen molar-refractivity contribution in [2.45, 2.75) is 13.8 Å². The number of hydrogen-bond acceptors (Lipinski definition) is 5. The molecule has 0 spiro atoms. The van der Waals surface area contributed by atoms with Crippen LogP contribution in [-0.4, -0.2) is 20.7 Å². The van der Waals surface area contributed by atoms with Gasteiger partial charge in [-0.25, -0.2) is 9.97 Å². The van der Waals surface area contributed by atoms with Gasteiger partial charge in [0.1, 0.15) is 5.82 Å². The second-order valence-electron chi connectivity index (χ2n) is 5.21. The lowest BCUT2D eigenvalue weighted by molar-refractivity contribution is 0.101. The van der Waals surface area contributed by atoms with Crippen LogP contribution in [0.4, 0.5) is 11.5 Å². The molecule has 3 aromatic rings. The Morgan fingerprint density at radius 1 is 1.00 bits per heavy atom. The molecule has 0 amide bonds. The number of anilines is 2. The third-order valence-electron chi connectivity index (χ3n) is 3.36. The Bertz CT molecular complexity index is 829. The molecule has 5 nitrogen and oxygen atoms in total. The first-order valence-corrected chi connectivity index (χ1v) is 7.26. The number of Topliss-reactive ketones (excluding diaryl/α,β-unsaturated/α-hetero) is 1. The first-order chi connectivity index (χ1) is 11.1. The fourth-order valence-electron chi connectivity index (χ4n) is 2.20. The minimum Gasteiger partial charge on any atom is -0.340 e. The maximum absolute atomic E-state index is 11.3. The average Bonchev–Trinajstić information content (AvgIpc) is 2.55. The highest BCUT2D eigenvalue weighted by Crippen LogP contribution is 2.20. The van der Waals surface area contributed by atoms with Gasteiger partial charge in [-0.2, -0.15) is 0 Å². The molecule has 3 rings (SSSR count). The minimum atomic E-state index is 0.0504. The van der Waals surface area contributed by atoms with E-state index in [0.717, 1.165) is 16.9 Å². The molecule has 5 heteroatoms. The number of aryl methyl sites for hydroxylation is 1. The number of pyridine rings is 1. The van der Waals surface area contributed by atoms with Crippen LogP contribution in [0.5, 0.6) is 0 Å². The number of nitrogens with zero attached hydrogens (tertiary/aromatic N) is 3. The second-order valence-corrected chi connectivity index (χ2v) is 5.21. The molecule has 0 saturated carbocycles. The van der Waals surface area contributed by atoms with Crippen molar-refractivity contribution in [3.63, 3.8) is 0 Å². The molecule has 0 aliphatic rings. The van der Waals surface area contributed by atoms with Gasteiger partial charge < -0.3 is 5.32 Å². The number of carbonyl (C=O) groups excluding carboxylic acids is 1. The van der Waals surface area contributed by atoms with E-state index in [4.69, 9.17) is 0 Å². The van der Waals surface area contributed by atoms with Gasteiger partial charge in [0.05, 0.1) is 0 Å². The van der Waals surface area contributed by atoms with Crippen molar-refractivity contribution in [2.75, 3.05) is 5.32 Å². The Kier molecular flexibility index (Phi) is 4.10. The van der Waals surface area contributed by atoms with Gasteiger partial charge in [-0.1, -0.05) is 0 Å². The average molecular weight is 304 g/mol. The SMILES string of the molecule is CC(=O)c1ccc(Nc2cc(C)nc(-c3ccncc3)n2)cc1. The normalized spacial score (nSPS) is 10.3. The van der Waals surface area contributed by atoms with Crippen molar-refractivity contribution < 1.29 is 4.79 Å². The Balaban J connectivity index is 1.88. The molecule has 0 fully saturated rings. The van der Waals surface area contributed by atoms with Crippen LogP contribution < -0.4 is 5.32 Å². The number of carbonyl (C=O) groups is 1. The standard InChI is InChI=1S/C18H16N4O/c1-12-11-17(21-16-5-3-14(4-6-16)13(2)23)22-18(20-12)15-7-9-19-10-8-15/h3-11H,1-2H3,(H,20,21,22). The molecule has 23 heavy (non-hydrogen) atoms. The van der Waals surface area contributed by atoms with Crippen LogP contribution in [0.2, 0.25) is 0 Å². The summed E-state index contributed by atoms with van der Waals surface area (Å²) in [6, 6.07) is 12.9. The number of benzene rings is 1. The van der Waals surface area contributed by atoms with E-state index in [1.165, 1.54) is 0 Å². The Morgan fingerprint density at radius 2 is 1.70 bits per heavy atom. The molecule has 0 aliphatic carbocycles. The van der Waals surface area contributed by atoms with Crippen molar-refractivity contribution in [1.82, 2.24) is 15.0 Å². The summed E-state index contributed by atoms with van der Waals surface area (Å²) in [6.07, 6.45) is 3.43. The molecular weight excluding hydrogens is 288 g/mol. The van der Waals surface area contributed by atoms with Crippen molar-refractivity contribution in [3.05, 3.63) is 66.1 Å². The maximum Gasteiger partial charge on any atom is 0.161 e. The van der Waals surface area contributed by atoms with Gasteiger partial charge in [0.2, 0.25) is 0 Å². The smallest absolute Gasteiger partial charge is 0.161 e. The molecule has 0 bridgehead atoms. The zero-order valence-corrected chi connectivity index (χ0v) is 12.9. The van der Waals surface area contributed by atoms with Gasteiger partial charge in [-0.15, -0.1) is 0 Å². The second kappa shape index (κ2) is 6.36. The highest BCUT2D eigenvalue weighted by Gasteiger charge is 2.06. The fraction of sp³-hybridized carbons (Fsp3) is 0.111. The molecule has 2 heterocycles. The van der Waals surface area contributed by atoms with Gasteiger partial charge in [-0.05, 0) is 50.2 Å².